The molecule has 0 radical (unpaired) electrons. The fourth-order valence-electron chi connectivity index (χ4n) is 1.93. The Morgan fingerprint density at radius 2 is 2.24 bits per heavy atom. The number of halogens is 1. The highest BCUT2D eigenvalue weighted by molar-refractivity contribution is 5.54. The Kier molecular flexibility index (Phi) is 2.35. The van der Waals surface area contributed by atoms with Gasteiger partial charge in [0.1, 0.15) is 5.82 Å². The van der Waals surface area contributed by atoms with Crippen LogP contribution in [0.1, 0.15) is 24.6 Å². The lowest BCUT2D eigenvalue weighted by atomic mass is 10.3. The third-order valence-electron chi connectivity index (χ3n) is 2.87. The van der Waals surface area contributed by atoms with Crippen LogP contribution in [-0.2, 0) is 0 Å². The Morgan fingerprint density at radius 3 is 2.94 bits per heavy atom. The molecule has 3 nitrogen and oxygen atoms in total. The summed E-state index contributed by atoms with van der Waals surface area (Å²) >= 11 is 0. The first-order valence-corrected chi connectivity index (χ1v) is 5.80. The van der Waals surface area contributed by atoms with Crippen molar-refractivity contribution in [2.24, 2.45) is 0 Å². The van der Waals surface area contributed by atoms with Gasteiger partial charge in [0.05, 0.1) is 5.69 Å². The molecule has 1 heterocycles. The molecular weight excluding hydrogens is 217 g/mol. The fraction of sp³-hybridized carbons (Fsp3) is 0.308. The summed E-state index contributed by atoms with van der Waals surface area (Å²) in [5.74, 6) is 0.562. The van der Waals surface area contributed by atoms with Gasteiger partial charge in [-0.15, -0.1) is 0 Å². The molecule has 2 aromatic rings. The summed E-state index contributed by atoms with van der Waals surface area (Å²) < 4.78 is 15.2. The Morgan fingerprint density at radius 1 is 1.41 bits per heavy atom. The molecule has 1 aliphatic rings. The van der Waals surface area contributed by atoms with Crippen LogP contribution in [0.25, 0.3) is 0 Å². The molecule has 0 spiro atoms. The highest BCUT2D eigenvalue weighted by atomic mass is 19.1. The SMILES string of the molecule is Cc1cn(C2CC2)c(Nc2cccc(F)c2)n1. The number of imidazole rings is 1. The molecule has 1 N–H and O–H groups in total. The van der Waals surface area contributed by atoms with Crippen molar-refractivity contribution in [1.29, 1.82) is 0 Å². The van der Waals surface area contributed by atoms with Crippen molar-refractivity contribution < 1.29 is 4.39 Å². The summed E-state index contributed by atoms with van der Waals surface area (Å²) in [4.78, 5) is 4.43. The molecule has 0 saturated heterocycles. The molecule has 1 aromatic carbocycles. The van der Waals surface area contributed by atoms with Crippen LogP contribution in [-0.4, -0.2) is 9.55 Å². The smallest absolute Gasteiger partial charge is 0.207 e. The van der Waals surface area contributed by atoms with Crippen molar-refractivity contribution in [2.45, 2.75) is 25.8 Å². The van der Waals surface area contributed by atoms with Gasteiger partial charge in [0.15, 0.2) is 0 Å². The third kappa shape index (κ3) is 2.16. The van der Waals surface area contributed by atoms with E-state index in [1.807, 2.05) is 19.2 Å². The molecule has 1 aliphatic carbocycles. The van der Waals surface area contributed by atoms with E-state index in [1.165, 1.54) is 25.0 Å². The van der Waals surface area contributed by atoms with Gasteiger partial charge in [0, 0.05) is 17.9 Å². The normalized spacial score (nSPS) is 14.9. The van der Waals surface area contributed by atoms with Crippen molar-refractivity contribution in [3.8, 4) is 0 Å². The molecule has 1 saturated carbocycles. The maximum atomic E-state index is 13.1. The summed E-state index contributed by atoms with van der Waals surface area (Å²) in [7, 11) is 0. The highest BCUT2D eigenvalue weighted by Gasteiger charge is 2.26. The first kappa shape index (κ1) is 10.3. The molecule has 4 heteroatoms. The summed E-state index contributed by atoms with van der Waals surface area (Å²) in [5.41, 5.74) is 1.72. The zero-order chi connectivity index (χ0) is 11.8. The molecule has 17 heavy (non-hydrogen) atoms. The zero-order valence-electron chi connectivity index (χ0n) is 9.65. The molecule has 0 atom stereocenters. The first-order valence-electron chi connectivity index (χ1n) is 5.80. The van der Waals surface area contributed by atoms with Gasteiger partial charge in [-0.1, -0.05) is 6.07 Å². The monoisotopic (exact) mass is 231 g/mol. The summed E-state index contributed by atoms with van der Waals surface area (Å²) in [6, 6.07) is 7.00. The molecule has 1 aromatic heterocycles. The van der Waals surface area contributed by atoms with Crippen LogP contribution in [0, 0.1) is 12.7 Å². The second kappa shape index (κ2) is 3.87. The lowest BCUT2D eigenvalue weighted by Crippen LogP contribution is -2.01. The maximum absolute atomic E-state index is 13.1. The van der Waals surface area contributed by atoms with Gasteiger partial charge in [-0.2, -0.15) is 0 Å². The molecule has 3 rings (SSSR count). The van der Waals surface area contributed by atoms with E-state index >= 15 is 0 Å². The van der Waals surface area contributed by atoms with Crippen LogP contribution in [0.3, 0.4) is 0 Å². The van der Waals surface area contributed by atoms with Crippen molar-refractivity contribution in [2.75, 3.05) is 5.32 Å². The lowest BCUT2D eigenvalue weighted by molar-refractivity contribution is 0.628. The number of nitrogens with one attached hydrogen (secondary N) is 1. The van der Waals surface area contributed by atoms with E-state index in [2.05, 4.69) is 14.9 Å². The van der Waals surface area contributed by atoms with Crippen LogP contribution in [0.5, 0.6) is 0 Å². The van der Waals surface area contributed by atoms with Crippen LogP contribution in [0.4, 0.5) is 16.0 Å². The van der Waals surface area contributed by atoms with Crippen LogP contribution >= 0.6 is 0 Å². The number of benzene rings is 1. The molecule has 0 unspecified atom stereocenters. The number of aryl methyl sites for hydroxylation is 1. The van der Waals surface area contributed by atoms with Gasteiger partial charge in [0.2, 0.25) is 5.95 Å². The van der Waals surface area contributed by atoms with E-state index in [4.69, 9.17) is 0 Å². The zero-order valence-corrected chi connectivity index (χ0v) is 9.65. The standard InChI is InChI=1S/C13H14FN3/c1-9-8-17(12-5-6-12)13(15-9)16-11-4-2-3-10(14)7-11/h2-4,7-8,12H,5-6H2,1H3,(H,15,16). The summed E-state index contributed by atoms with van der Waals surface area (Å²) in [6.45, 7) is 1.97. The number of nitrogens with zero attached hydrogens (tertiary/aromatic N) is 2. The van der Waals surface area contributed by atoms with Gasteiger partial charge in [-0.05, 0) is 38.0 Å². The van der Waals surface area contributed by atoms with Crippen LogP contribution in [0.2, 0.25) is 0 Å². The van der Waals surface area contributed by atoms with Gasteiger partial charge in [-0.25, -0.2) is 9.37 Å². The Bertz CT molecular complexity index is 543. The fourth-order valence-corrected chi connectivity index (χ4v) is 1.93. The number of hydrogen-bond acceptors (Lipinski definition) is 2. The van der Waals surface area contributed by atoms with E-state index in [9.17, 15) is 4.39 Å². The predicted octanol–water partition coefficient (Wildman–Crippen LogP) is 3.41. The quantitative estimate of drug-likeness (QED) is 0.877. The Balaban J connectivity index is 1.89. The van der Waals surface area contributed by atoms with E-state index < -0.39 is 0 Å². The molecule has 1 fully saturated rings. The second-order valence-corrected chi connectivity index (χ2v) is 4.48. The van der Waals surface area contributed by atoms with Crippen LogP contribution in [0.15, 0.2) is 30.5 Å². The average Bonchev–Trinajstić information content (AvgIpc) is 3.04. The number of aromatic nitrogens is 2. The van der Waals surface area contributed by atoms with Crippen molar-refractivity contribution in [1.82, 2.24) is 9.55 Å². The third-order valence-corrected chi connectivity index (χ3v) is 2.87. The number of rotatable bonds is 3. The van der Waals surface area contributed by atoms with Crippen molar-refractivity contribution in [3.63, 3.8) is 0 Å². The Hall–Kier alpha value is -1.84. The molecule has 88 valence electrons. The Labute approximate surface area is 99.3 Å². The molecule has 0 bridgehead atoms. The topological polar surface area (TPSA) is 29.9 Å². The molecular formula is C13H14FN3. The highest BCUT2D eigenvalue weighted by Crippen LogP contribution is 2.37. The maximum Gasteiger partial charge on any atom is 0.207 e. The van der Waals surface area contributed by atoms with E-state index in [0.29, 0.717) is 6.04 Å². The van der Waals surface area contributed by atoms with Crippen molar-refractivity contribution >= 4 is 11.6 Å². The minimum Gasteiger partial charge on any atom is -0.325 e. The molecule has 0 amide bonds. The minimum atomic E-state index is -0.240. The van der Waals surface area contributed by atoms with E-state index in [-0.39, 0.29) is 5.82 Å². The van der Waals surface area contributed by atoms with Crippen molar-refractivity contribution in [3.05, 3.63) is 42.0 Å². The predicted molar refractivity (Wildman–Crippen MR) is 64.9 cm³/mol. The average molecular weight is 231 g/mol. The van der Waals surface area contributed by atoms with E-state index in [1.54, 1.807) is 6.07 Å². The van der Waals surface area contributed by atoms with Gasteiger partial charge in [0.25, 0.3) is 0 Å². The molecule has 0 aliphatic heterocycles. The summed E-state index contributed by atoms with van der Waals surface area (Å²) in [6.07, 6.45) is 4.44. The second-order valence-electron chi connectivity index (χ2n) is 4.48. The van der Waals surface area contributed by atoms with Crippen LogP contribution < -0.4 is 5.32 Å². The first-order chi connectivity index (χ1) is 8.22. The summed E-state index contributed by atoms with van der Waals surface area (Å²) in [5, 5.41) is 3.17. The van der Waals surface area contributed by atoms with E-state index in [0.717, 1.165) is 17.3 Å². The minimum absolute atomic E-state index is 0.240. The lowest BCUT2D eigenvalue weighted by Gasteiger charge is -2.08. The number of hydrogen-bond donors (Lipinski definition) is 1. The number of anilines is 2. The van der Waals surface area contributed by atoms with Gasteiger partial charge < -0.3 is 9.88 Å². The largest absolute Gasteiger partial charge is 0.325 e. The van der Waals surface area contributed by atoms with Gasteiger partial charge >= 0.3 is 0 Å². The van der Waals surface area contributed by atoms with Gasteiger partial charge in [-0.3, -0.25) is 0 Å².